The van der Waals surface area contributed by atoms with Crippen LogP contribution in [0.3, 0.4) is 0 Å². The first-order chi connectivity index (χ1) is 19.0. The Balaban J connectivity index is 1.32. The van der Waals surface area contributed by atoms with E-state index in [1.54, 1.807) is 4.90 Å². The normalized spacial score (nSPS) is 30.2. The zero-order chi connectivity index (χ0) is 28.7. The molecule has 0 radical (unpaired) electrons. The number of carbonyl (C=O) groups excluding carboxylic acids is 3. The number of nitrogens with zero attached hydrogens (tertiary/aromatic N) is 3. The van der Waals surface area contributed by atoms with Crippen LogP contribution in [0.4, 0.5) is 0 Å². The van der Waals surface area contributed by atoms with Gasteiger partial charge >= 0.3 is 7.12 Å². The molecule has 40 heavy (non-hydrogen) atoms. The Labute approximate surface area is 236 Å². The zero-order valence-corrected chi connectivity index (χ0v) is 24.2. The van der Waals surface area contributed by atoms with E-state index in [1.807, 2.05) is 0 Å². The average molecular weight is 555 g/mol. The summed E-state index contributed by atoms with van der Waals surface area (Å²) in [5, 5.41) is 5.82. The number of ether oxygens (including phenoxy) is 1. The van der Waals surface area contributed by atoms with Crippen molar-refractivity contribution in [1.82, 2.24) is 25.5 Å². The Hall–Kier alpha value is -2.57. The molecule has 2 bridgehead atoms. The molecule has 2 N–H and O–H groups in total. The highest BCUT2D eigenvalue weighted by molar-refractivity contribution is 6.48. The van der Waals surface area contributed by atoms with E-state index in [1.165, 1.54) is 18.6 Å². The Morgan fingerprint density at radius 2 is 1.88 bits per heavy atom. The van der Waals surface area contributed by atoms with E-state index in [2.05, 4.69) is 55.2 Å². The zero-order valence-electron chi connectivity index (χ0n) is 24.2. The van der Waals surface area contributed by atoms with Crippen LogP contribution in [0, 0.1) is 23.2 Å². The van der Waals surface area contributed by atoms with Crippen molar-refractivity contribution in [2.24, 2.45) is 23.2 Å². The third-order valence-electron chi connectivity index (χ3n) is 9.51. The molecular formula is C28H42BN5O6. The van der Waals surface area contributed by atoms with Crippen molar-refractivity contribution in [3.63, 3.8) is 0 Å². The third kappa shape index (κ3) is 5.62. The summed E-state index contributed by atoms with van der Waals surface area (Å²) in [4.78, 5) is 49.5. The fraction of sp³-hybridized carbons (Fsp3) is 0.750. The second-order valence-electron chi connectivity index (χ2n) is 12.9. The maximum atomic E-state index is 13.8. The summed E-state index contributed by atoms with van der Waals surface area (Å²) in [5.41, 5.74) is -0.135. The molecule has 5 fully saturated rings. The van der Waals surface area contributed by atoms with Crippen LogP contribution in [0.15, 0.2) is 18.6 Å². The molecule has 3 saturated carbocycles. The van der Waals surface area contributed by atoms with Gasteiger partial charge in [0.2, 0.25) is 11.8 Å². The van der Waals surface area contributed by atoms with Gasteiger partial charge in [-0.15, -0.1) is 0 Å². The summed E-state index contributed by atoms with van der Waals surface area (Å²) in [6.45, 7) is 12.7. The number of carbonyl (C=O) groups is 3. The fourth-order valence-electron chi connectivity index (χ4n) is 7.07. The minimum atomic E-state index is -1.11. The van der Waals surface area contributed by atoms with Crippen LogP contribution in [0.25, 0.3) is 0 Å². The maximum Gasteiger partial charge on any atom is 0.481 e. The number of rotatable bonds is 9. The number of aromatic nitrogens is 2. The van der Waals surface area contributed by atoms with Gasteiger partial charge in [0.15, 0.2) is 0 Å². The highest BCUT2D eigenvalue weighted by Gasteiger charge is 2.68. The highest BCUT2D eigenvalue weighted by atomic mass is 16.7. The SMILES string of the molecule is CC(C)C[C@H](NC(=O)[C@@H](CC(=O)N1CCOCC1)NC(=O)c1cnccn1)B1O[C@@H]2C[C@@H]3C[C@@H](C3(C)C)[C@]2(C)O1. The van der Waals surface area contributed by atoms with Crippen LogP contribution >= 0.6 is 0 Å². The van der Waals surface area contributed by atoms with Gasteiger partial charge in [0, 0.05) is 25.5 Å². The van der Waals surface area contributed by atoms with Gasteiger partial charge in [0.1, 0.15) is 11.7 Å². The van der Waals surface area contributed by atoms with Crippen molar-refractivity contribution < 1.29 is 28.4 Å². The van der Waals surface area contributed by atoms with Gasteiger partial charge in [0.25, 0.3) is 5.91 Å². The second kappa shape index (κ2) is 11.4. The molecular weight excluding hydrogens is 513 g/mol. The van der Waals surface area contributed by atoms with Crippen LogP contribution in [-0.2, 0) is 23.6 Å². The van der Waals surface area contributed by atoms with E-state index in [0.29, 0.717) is 44.6 Å². The van der Waals surface area contributed by atoms with Crippen LogP contribution in [-0.4, -0.2) is 89.7 Å². The largest absolute Gasteiger partial charge is 0.481 e. The molecule has 1 aromatic heterocycles. The summed E-state index contributed by atoms with van der Waals surface area (Å²) < 4.78 is 18.5. The molecule has 5 aliphatic rings. The van der Waals surface area contributed by atoms with E-state index >= 15 is 0 Å². The van der Waals surface area contributed by atoms with E-state index in [-0.39, 0.29) is 35.5 Å². The number of nitrogens with one attached hydrogen (secondary N) is 2. The summed E-state index contributed by atoms with van der Waals surface area (Å²) in [5.74, 6) is -0.432. The average Bonchev–Trinajstić information content (AvgIpc) is 3.30. The van der Waals surface area contributed by atoms with Gasteiger partial charge in [-0.05, 0) is 49.4 Å². The smallest absolute Gasteiger partial charge is 0.404 e. The third-order valence-corrected chi connectivity index (χ3v) is 9.51. The minimum Gasteiger partial charge on any atom is -0.404 e. The predicted molar refractivity (Wildman–Crippen MR) is 147 cm³/mol. The van der Waals surface area contributed by atoms with Gasteiger partial charge in [-0.25, -0.2) is 4.98 Å². The molecule has 6 atom stereocenters. The fourth-order valence-corrected chi connectivity index (χ4v) is 7.07. The van der Waals surface area contributed by atoms with Gasteiger partial charge in [-0.1, -0.05) is 27.7 Å². The highest BCUT2D eigenvalue weighted by Crippen LogP contribution is 2.65. The van der Waals surface area contributed by atoms with Gasteiger partial charge in [-0.3, -0.25) is 19.4 Å². The molecule has 1 aromatic rings. The number of morpholine rings is 1. The Morgan fingerprint density at radius 1 is 1.12 bits per heavy atom. The van der Waals surface area contributed by atoms with Gasteiger partial charge in [0.05, 0.1) is 43.5 Å². The Kier molecular flexibility index (Phi) is 8.23. The van der Waals surface area contributed by atoms with Crippen molar-refractivity contribution in [1.29, 1.82) is 0 Å². The molecule has 3 amide bonds. The lowest BCUT2D eigenvalue weighted by atomic mass is 9.43. The summed E-state index contributed by atoms with van der Waals surface area (Å²) >= 11 is 0. The van der Waals surface area contributed by atoms with E-state index in [4.69, 9.17) is 14.0 Å². The molecule has 6 rings (SSSR count). The first kappa shape index (κ1) is 28.9. The first-order valence-corrected chi connectivity index (χ1v) is 14.5. The standard InChI is InChI=1S/C28H42BN5O6/c1-17(2)12-23(29-39-22-14-18-13-21(27(18,3)4)28(22,5)40-29)33-25(36)19(15-24(35)34-8-10-38-11-9-34)32-26(37)20-16-30-6-7-31-20/h6-7,16-19,21-23H,8-15H2,1-5H3,(H,32,37)(H,33,36)/t18-,19+,21-,22+,23-,28-/m0/s1. The van der Waals surface area contributed by atoms with Gasteiger partial charge < -0.3 is 29.6 Å². The Morgan fingerprint density at radius 3 is 2.52 bits per heavy atom. The van der Waals surface area contributed by atoms with Crippen LogP contribution < -0.4 is 10.6 Å². The molecule has 3 heterocycles. The lowest BCUT2D eigenvalue weighted by molar-refractivity contribution is -0.199. The number of amides is 3. The molecule has 0 aromatic carbocycles. The second-order valence-corrected chi connectivity index (χ2v) is 12.9. The lowest BCUT2D eigenvalue weighted by Crippen LogP contribution is -2.65. The van der Waals surface area contributed by atoms with Crippen molar-refractivity contribution in [3.05, 3.63) is 24.3 Å². The summed E-state index contributed by atoms with van der Waals surface area (Å²) in [6.07, 6.45) is 6.70. The molecule has 12 heteroatoms. The van der Waals surface area contributed by atoms with Crippen LogP contribution in [0.2, 0.25) is 0 Å². The Bertz CT molecular complexity index is 1100. The van der Waals surface area contributed by atoms with E-state index in [0.717, 1.165) is 12.8 Å². The monoisotopic (exact) mass is 555 g/mol. The topological polar surface area (TPSA) is 132 Å². The molecule has 218 valence electrons. The van der Waals surface area contributed by atoms with Crippen LogP contribution in [0.5, 0.6) is 0 Å². The lowest BCUT2D eigenvalue weighted by Gasteiger charge is -2.64. The quantitative estimate of drug-likeness (QED) is 0.440. The summed E-state index contributed by atoms with van der Waals surface area (Å²) in [6, 6.07) is -1.11. The minimum absolute atomic E-state index is 0.0177. The molecule has 11 nitrogen and oxygen atoms in total. The van der Waals surface area contributed by atoms with Crippen molar-refractivity contribution in [3.8, 4) is 0 Å². The molecule has 3 aliphatic carbocycles. The molecule has 0 spiro atoms. The first-order valence-electron chi connectivity index (χ1n) is 14.5. The van der Waals surface area contributed by atoms with Crippen molar-refractivity contribution in [2.45, 2.75) is 84.0 Å². The van der Waals surface area contributed by atoms with Gasteiger partial charge in [-0.2, -0.15) is 0 Å². The molecule has 2 aliphatic heterocycles. The van der Waals surface area contributed by atoms with Crippen LogP contribution in [0.1, 0.15) is 70.8 Å². The summed E-state index contributed by atoms with van der Waals surface area (Å²) in [7, 11) is -0.609. The molecule has 2 saturated heterocycles. The molecule has 0 unspecified atom stereocenters. The van der Waals surface area contributed by atoms with E-state index in [9.17, 15) is 14.4 Å². The number of hydrogen-bond donors (Lipinski definition) is 2. The maximum absolute atomic E-state index is 13.8. The number of hydrogen-bond acceptors (Lipinski definition) is 8. The predicted octanol–water partition coefficient (Wildman–Crippen LogP) is 1.62. The van der Waals surface area contributed by atoms with E-state index < -0.39 is 36.5 Å². The van der Waals surface area contributed by atoms with Crippen molar-refractivity contribution >= 4 is 24.8 Å². The van der Waals surface area contributed by atoms with Crippen molar-refractivity contribution in [2.75, 3.05) is 26.3 Å².